The Labute approximate surface area is 131 Å². The summed E-state index contributed by atoms with van der Waals surface area (Å²) < 4.78 is 10.1. The highest BCUT2D eigenvalue weighted by Gasteiger charge is 2.26. The Bertz CT molecular complexity index is 386. The molecule has 0 spiro atoms. The van der Waals surface area contributed by atoms with E-state index in [0.717, 1.165) is 0 Å². The Morgan fingerprint density at radius 3 is 2.18 bits per heavy atom. The highest BCUT2D eigenvalue weighted by Crippen LogP contribution is 2.09. The van der Waals surface area contributed by atoms with Gasteiger partial charge in [0, 0.05) is 6.42 Å². The molecule has 0 aliphatic heterocycles. The number of carboxylic acids is 1. The summed E-state index contributed by atoms with van der Waals surface area (Å²) in [4.78, 5) is 34.3. The lowest BCUT2D eigenvalue weighted by Crippen LogP contribution is -2.44. The van der Waals surface area contributed by atoms with Crippen LogP contribution in [0.2, 0.25) is 0 Å². The maximum absolute atomic E-state index is 12.0. The summed E-state index contributed by atoms with van der Waals surface area (Å²) in [5.41, 5.74) is -0.705. The molecule has 1 atom stereocenters. The standard InChI is InChI=1S/C15H27NO6/c1-10(2)8-9-21-13(19)11(6-7-12(17)18)16-14(20)22-15(3,4)5/h10-11H,6-9H2,1-5H3,(H,16,20)(H,17,18). The highest BCUT2D eigenvalue weighted by atomic mass is 16.6. The van der Waals surface area contributed by atoms with E-state index in [0.29, 0.717) is 12.3 Å². The first-order valence-electron chi connectivity index (χ1n) is 7.39. The first kappa shape index (κ1) is 20.2. The number of ether oxygens (including phenoxy) is 2. The largest absolute Gasteiger partial charge is 0.481 e. The first-order chi connectivity index (χ1) is 10.0. The molecule has 22 heavy (non-hydrogen) atoms. The van der Waals surface area contributed by atoms with Crippen molar-refractivity contribution < 1.29 is 29.0 Å². The summed E-state index contributed by atoms with van der Waals surface area (Å²) >= 11 is 0. The summed E-state index contributed by atoms with van der Waals surface area (Å²) in [6, 6.07) is -1.03. The normalized spacial score (nSPS) is 12.6. The lowest BCUT2D eigenvalue weighted by Gasteiger charge is -2.22. The van der Waals surface area contributed by atoms with Gasteiger partial charge in [-0.25, -0.2) is 9.59 Å². The van der Waals surface area contributed by atoms with E-state index in [-0.39, 0.29) is 19.4 Å². The van der Waals surface area contributed by atoms with Crippen molar-refractivity contribution in [3.63, 3.8) is 0 Å². The third kappa shape index (κ3) is 10.9. The SMILES string of the molecule is CC(C)CCOC(=O)C(CCC(=O)O)NC(=O)OC(C)(C)C. The van der Waals surface area contributed by atoms with E-state index < -0.39 is 29.7 Å². The fourth-order valence-electron chi connectivity index (χ4n) is 1.46. The summed E-state index contributed by atoms with van der Waals surface area (Å²) in [7, 11) is 0. The molecule has 7 heteroatoms. The number of hydrogen-bond donors (Lipinski definition) is 2. The van der Waals surface area contributed by atoms with Crippen molar-refractivity contribution in [2.75, 3.05) is 6.61 Å². The number of carbonyl (C=O) groups excluding carboxylic acids is 2. The van der Waals surface area contributed by atoms with Gasteiger partial charge in [0.25, 0.3) is 0 Å². The van der Waals surface area contributed by atoms with Crippen LogP contribution < -0.4 is 5.32 Å². The third-order valence-corrected chi connectivity index (χ3v) is 2.56. The quantitative estimate of drug-likeness (QED) is 0.666. The summed E-state index contributed by atoms with van der Waals surface area (Å²) in [6.45, 7) is 9.30. The molecule has 2 N–H and O–H groups in total. The van der Waals surface area contributed by atoms with Gasteiger partial charge in [0.2, 0.25) is 0 Å². The smallest absolute Gasteiger partial charge is 0.408 e. The Hall–Kier alpha value is -1.79. The molecule has 0 aromatic heterocycles. The number of rotatable bonds is 8. The zero-order chi connectivity index (χ0) is 17.3. The van der Waals surface area contributed by atoms with E-state index >= 15 is 0 Å². The Balaban J connectivity index is 4.56. The van der Waals surface area contributed by atoms with Gasteiger partial charge >= 0.3 is 18.0 Å². The van der Waals surface area contributed by atoms with Crippen molar-refractivity contribution in [1.29, 1.82) is 0 Å². The highest BCUT2D eigenvalue weighted by molar-refractivity contribution is 5.82. The number of amides is 1. The first-order valence-corrected chi connectivity index (χ1v) is 7.39. The molecule has 0 saturated carbocycles. The Morgan fingerprint density at radius 2 is 1.73 bits per heavy atom. The van der Waals surface area contributed by atoms with Crippen molar-refractivity contribution in [1.82, 2.24) is 5.32 Å². The number of hydrogen-bond acceptors (Lipinski definition) is 5. The van der Waals surface area contributed by atoms with Crippen LogP contribution in [0.25, 0.3) is 0 Å². The van der Waals surface area contributed by atoms with Crippen LogP contribution in [0.5, 0.6) is 0 Å². The molecule has 0 rings (SSSR count). The molecule has 0 heterocycles. The summed E-state index contributed by atoms with van der Waals surface area (Å²) in [5, 5.41) is 11.1. The number of alkyl carbamates (subject to hydrolysis) is 1. The van der Waals surface area contributed by atoms with E-state index in [1.54, 1.807) is 20.8 Å². The molecule has 0 aliphatic rings. The van der Waals surface area contributed by atoms with E-state index in [2.05, 4.69) is 5.32 Å². The van der Waals surface area contributed by atoms with Crippen molar-refractivity contribution in [2.24, 2.45) is 5.92 Å². The van der Waals surface area contributed by atoms with E-state index in [4.69, 9.17) is 14.6 Å². The van der Waals surface area contributed by atoms with Crippen molar-refractivity contribution in [3.8, 4) is 0 Å². The number of nitrogens with one attached hydrogen (secondary N) is 1. The number of esters is 1. The molecule has 1 amide bonds. The second-order valence-corrected chi connectivity index (χ2v) is 6.48. The molecule has 0 saturated heterocycles. The molecule has 128 valence electrons. The molecule has 0 fully saturated rings. The van der Waals surface area contributed by atoms with Gasteiger partial charge in [-0.3, -0.25) is 4.79 Å². The Morgan fingerprint density at radius 1 is 1.14 bits per heavy atom. The molecular weight excluding hydrogens is 290 g/mol. The molecule has 0 aromatic carbocycles. The maximum Gasteiger partial charge on any atom is 0.408 e. The number of aliphatic carboxylic acids is 1. The van der Waals surface area contributed by atoms with Gasteiger partial charge < -0.3 is 19.9 Å². The monoisotopic (exact) mass is 317 g/mol. The molecule has 0 bridgehead atoms. The second-order valence-electron chi connectivity index (χ2n) is 6.48. The minimum atomic E-state index is -1.05. The number of carbonyl (C=O) groups is 3. The van der Waals surface area contributed by atoms with Crippen molar-refractivity contribution in [3.05, 3.63) is 0 Å². The van der Waals surface area contributed by atoms with Gasteiger partial charge in [0.1, 0.15) is 11.6 Å². The third-order valence-electron chi connectivity index (χ3n) is 2.56. The minimum absolute atomic E-state index is 0.0465. The fraction of sp³-hybridized carbons (Fsp3) is 0.800. The lowest BCUT2D eigenvalue weighted by atomic mass is 10.1. The maximum atomic E-state index is 12.0. The predicted octanol–water partition coefficient (Wildman–Crippen LogP) is 2.33. The van der Waals surface area contributed by atoms with Crippen LogP contribution in [-0.4, -0.2) is 41.4 Å². The van der Waals surface area contributed by atoms with Gasteiger partial charge in [-0.05, 0) is 39.5 Å². The average Bonchev–Trinajstić information content (AvgIpc) is 2.31. The van der Waals surface area contributed by atoms with Crippen LogP contribution in [0.3, 0.4) is 0 Å². The van der Waals surface area contributed by atoms with Crippen LogP contribution in [-0.2, 0) is 19.1 Å². The zero-order valence-electron chi connectivity index (χ0n) is 14.0. The molecule has 0 radical (unpaired) electrons. The molecular formula is C15H27NO6. The zero-order valence-corrected chi connectivity index (χ0v) is 14.0. The van der Waals surface area contributed by atoms with Crippen molar-refractivity contribution >= 4 is 18.0 Å². The fourth-order valence-corrected chi connectivity index (χ4v) is 1.46. The van der Waals surface area contributed by atoms with Crippen LogP contribution in [0, 0.1) is 5.92 Å². The summed E-state index contributed by atoms with van der Waals surface area (Å²) in [6.07, 6.45) is -0.373. The molecule has 0 aliphatic carbocycles. The summed E-state index contributed by atoms with van der Waals surface area (Å²) in [5.74, 6) is -1.32. The van der Waals surface area contributed by atoms with Gasteiger partial charge in [0.05, 0.1) is 6.61 Å². The van der Waals surface area contributed by atoms with Gasteiger partial charge in [-0.15, -0.1) is 0 Å². The van der Waals surface area contributed by atoms with E-state index in [1.165, 1.54) is 0 Å². The molecule has 0 aromatic rings. The van der Waals surface area contributed by atoms with Crippen LogP contribution in [0.15, 0.2) is 0 Å². The number of carboxylic acid groups (broad SMARTS) is 1. The second kappa shape index (κ2) is 9.27. The van der Waals surface area contributed by atoms with Crippen molar-refractivity contribution in [2.45, 2.75) is 65.5 Å². The topological polar surface area (TPSA) is 102 Å². The molecule has 1 unspecified atom stereocenters. The lowest BCUT2D eigenvalue weighted by molar-refractivity contribution is -0.147. The van der Waals surface area contributed by atoms with Gasteiger partial charge in [-0.2, -0.15) is 0 Å². The Kier molecular flexibility index (Phi) is 8.52. The average molecular weight is 317 g/mol. The van der Waals surface area contributed by atoms with Crippen LogP contribution in [0.1, 0.15) is 53.9 Å². The van der Waals surface area contributed by atoms with Gasteiger partial charge in [-0.1, -0.05) is 13.8 Å². The minimum Gasteiger partial charge on any atom is -0.481 e. The van der Waals surface area contributed by atoms with Crippen LogP contribution in [0.4, 0.5) is 4.79 Å². The van der Waals surface area contributed by atoms with E-state index in [1.807, 2.05) is 13.8 Å². The predicted molar refractivity (Wildman–Crippen MR) is 80.4 cm³/mol. The van der Waals surface area contributed by atoms with E-state index in [9.17, 15) is 14.4 Å². The van der Waals surface area contributed by atoms with Gasteiger partial charge in [0.15, 0.2) is 0 Å². The molecule has 7 nitrogen and oxygen atoms in total. The van der Waals surface area contributed by atoms with Crippen LogP contribution >= 0.6 is 0 Å².